The van der Waals surface area contributed by atoms with Gasteiger partial charge in [-0.25, -0.2) is 0 Å². The highest BCUT2D eigenvalue weighted by atomic mass is 16.6. The number of hydrogen-bond donors (Lipinski definition) is 0. The maximum absolute atomic E-state index is 12.8. The Morgan fingerprint density at radius 1 is 0.309 bits per heavy atom. The Bertz CT molecular complexity index is 1190. The molecule has 1 atom stereocenters. The monoisotopic (exact) mass is 953 g/mol. The van der Waals surface area contributed by atoms with E-state index in [1.165, 1.54) is 186 Å². The summed E-state index contributed by atoms with van der Waals surface area (Å²) >= 11 is 0. The molecule has 0 aliphatic rings. The van der Waals surface area contributed by atoms with Gasteiger partial charge in [-0.05, 0) is 57.8 Å². The Balaban J connectivity index is 3.95. The van der Waals surface area contributed by atoms with E-state index in [1.54, 1.807) is 0 Å². The molecular weight excluding hydrogens is 841 g/mol. The van der Waals surface area contributed by atoms with Crippen molar-refractivity contribution in [1.82, 2.24) is 0 Å². The van der Waals surface area contributed by atoms with Gasteiger partial charge in [0.15, 0.2) is 6.10 Å². The van der Waals surface area contributed by atoms with Gasteiger partial charge in [0.2, 0.25) is 0 Å². The molecule has 0 saturated heterocycles. The fourth-order valence-corrected chi connectivity index (χ4v) is 8.67. The molecule has 1 unspecified atom stereocenters. The van der Waals surface area contributed by atoms with Gasteiger partial charge in [-0.1, -0.05) is 281 Å². The topological polar surface area (TPSA) is 78.9 Å². The minimum absolute atomic E-state index is 0.0674. The van der Waals surface area contributed by atoms with Gasteiger partial charge in [-0.3, -0.25) is 14.4 Å². The Morgan fingerprint density at radius 2 is 0.574 bits per heavy atom. The summed E-state index contributed by atoms with van der Waals surface area (Å²) in [5, 5.41) is 0. The molecule has 0 aliphatic carbocycles. The summed E-state index contributed by atoms with van der Waals surface area (Å²) in [7, 11) is 0. The molecule has 6 heteroatoms. The molecule has 0 aliphatic heterocycles. The number of allylic oxidation sites excluding steroid dienone is 8. The second-order valence-electron chi connectivity index (χ2n) is 19.9. The van der Waals surface area contributed by atoms with Gasteiger partial charge < -0.3 is 14.2 Å². The third kappa shape index (κ3) is 54.3. The molecule has 396 valence electrons. The first-order valence-electron chi connectivity index (χ1n) is 29.6. The van der Waals surface area contributed by atoms with Crippen molar-refractivity contribution in [3.8, 4) is 0 Å². The van der Waals surface area contributed by atoms with Crippen LogP contribution in [0.3, 0.4) is 0 Å². The zero-order chi connectivity index (χ0) is 49.3. The van der Waals surface area contributed by atoms with Crippen LogP contribution in [-0.4, -0.2) is 37.2 Å². The molecule has 6 nitrogen and oxygen atoms in total. The second-order valence-corrected chi connectivity index (χ2v) is 19.9. The van der Waals surface area contributed by atoms with Crippen molar-refractivity contribution in [2.24, 2.45) is 0 Å². The Kier molecular flexibility index (Phi) is 54.8. The van der Waals surface area contributed by atoms with E-state index in [1.807, 2.05) is 0 Å². The fraction of sp³-hybridized carbons (Fsp3) is 0.823. The van der Waals surface area contributed by atoms with Gasteiger partial charge >= 0.3 is 17.9 Å². The average Bonchev–Trinajstić information content (AvgIpc) is 3.34. The van der Waals surface area contributed by atoms with Gasteiger partial charge in [0, 0.05) is 19.3 Å². The quantitative estimate of drug-likeness (QED) is 0.0262. The van der Waals surface area contributed by atoms with Crippen LogP contribution in [0.15, 0.2) is 48.6 Å². The summed E-state index contributed by atoms with van der Waals surface area (Å²) in [5.74, 6) is -0.861. The van der Waals surface area contributed by atoms with Gasteiger partial charge in [-0.2, -0.15) is 0 Å². The lowest BCUT2D eigenvalue weighted by Crippen LogP contribution is -2.30. The molecule has 0 spiro atoms. The molecule has 0 bridgehead atoms. The van der Waals surface area contributed by atoms with E-state index in [0.29, 0.717) is 19.3 Å². The zero-order valence-corrected chi connectivity index (χ0v) is 45.4. The number of rotatable bonds is 54. The van der Waals surface area contributed by atoms with E-state index in [2.05, 4.69) is 69.4 Å². The van der Waals surface area contributed by atoms with Gasteiger partial charge in [-0.15, -0.1) is 0 Å². The highest BCUT2D eigenvalue weighted by Gasteiger charge is 2.19. The van der Waals surface area contributed by atoms with E-state index >= 15 is 0 Å². The van der Waals surface area contributed by atoms with E-state index in [9.17, 15) is 14.4 Å². The van der Waals surface area contributed by atoms with E-state index < -0.39 is 6.10 Å². The molecule has 0 fully saturated rings. The second kappa shape index (κ2) is 57.0. The molecule has 68 heavy (non-hydrogen) atoms. The maximum Gasteiger partial charge on any atom is 0.306 e. The summed E-state index contributed by atoms with van der Waals surface area (Å²) in [6.45, 7) is 6.50. The van der Waals surface area contributed by atoms with Crippen molar-refractivity contribution in [2.45, 2.75) is 316 Å². The summed E-state index contributed by atoms with van der Waals surface area (Å²) in [4.78, 5) is 37.8. The minimum Gasteiger partial charge on any atom is -0.462 e. The summed E-state index contributed by atoms with van der Waals surface area (Å²) in [5.41, 5.74) is 0. The summed E-state index contributed by atoms with van der Waals surface area (Å²) in [6, 6.07) is 0. The smallest absolute Gasteiger partial charge is 0.306 e. The third-order valence-corrected chi connectivity index (χ3v) is 13.1. The Hall–Kier alpha value is -2.63. The van der Waals surface area contributed by atoms with Crippen molar-refractivity contribution < 1.29 is 28.6 Å². The molecule has 0 heterocycles. The van der Waals surface area contributed by atoms with Gasteiger partial charge in [0.25, 0.3) is 0 Å². The summed E-state index contributed by atoms with van der Waals surface area (Å²) in [6.07, 6.45) is 70.1. The highest BCUT2D eigenvalue weighted by molar-refractivity contribution is 5.71. The normalized spacial score (nSPS) is 12.3. The predicted molar refractivity (Wildman–Crippen MR) is 293 cm³/mol. The van der Waals surface area contributed by atoms with Crippen LogP contribution in [0.25, 0.3) is 0 Å². The Labute approximate surface area is 422 Å². The molecule has 0 rings (SSSR count). The fourth-order valence-electron chi connectivity index (χ4n) is 8.67. The Morgan fingerprint density at radius 3 is 0.897 bits per heavy atom. The van der Waals surface area contributed by atoms with E-state index in [0.717, 1.165) is 83.5 Å². The lowest BCUT2D eigenvalue weighted by atomic mass is 10.0. The number of hydrogen-bond acceptors (Lipinski definition) is 6. The first kappa shape index (κ1) is 65.4. The van der Waals surface area contributed by atoms with Crippen molar-refractivity contribution in [3.63, 3.8) is 0 Å². The number of carbonyl (C=O) groups excluding carboxylic acids is 3. The zero-order valence-electron chi connectivity index (χ0n) is 45.4. The van der Waals surface area contributed by atoms with Crippen LogP contribution in [-0.2, 0) is 28.6 Å². The maximum atomic E-state index is 12.8. The third-order valence-electron chi connectivity index (χ3n) is 13.1. The first-order chi connectivity index (χ1) is 33.5. The van der Waals surface area contributed by atoms with Crippen molar-refractivity contribution >= 4 is 17.9 Å². The molecule has 0 amide bonds. The average molecular weight is 954 g/mol. The van der Waals surface area contributed by atoms with Crippen LogP contribution < -0.4 is 0 Å². The van der Waals surface area contributed by atoms with Crippen LogP contribution in [0.1, 0.15) is 310 Å². The summed E-state index contributed by atoms with van der Waals surface area (Å²) < 4.78 is 16.7. The van der Waals surface area contributed by atoms with Crippen molar-refractivity contribution in [2.75, 3.05) is 13.2 Å². The lowest BCUT2D eigenvalue weighted by Gasteiger charge is -2.18. The molecule has 0 N–H and O–H groups in total. The standard InChI is InChI=1S/C62H112O6/c1-4-7-10-13-16-18-20-22-23-24-25-26-27-28-29-30-31-32-33-34-35-36-37-38-39-41-42-44-46-49-52-55-61(64)67-58-59(57-66-60(63)54-51-48-15-12-9-6-3)68-62(65)56-53-50-47-45-43-40-21-19-17-14-11-8-5-2/h7,10,16,18,22-23,25-26,59H,4-6,8-9,11-15,17,19-21,24,27-58H2,1-3H3/b10-7-,18-16-,23-22-,26-25-. The SMILES string of the molecule is CC/C=C\C/C=C\C/C=C\C/C=C\CCCCCCCCCCCCCCCCCCCCC(=O)OCC(COC(=O)CCCCCCCC)OC(=O)CCCCCCCCCCCCCCC. The number of unbranched alkanes of at least 4 members (excludes halogenated alkanes) is 35. The van der Waals surface area contributed by atoms with Crippen LogP contribution in [0.5, 0.6) is 0 Å². The minimum atomic E-state index is -0.764. The highest BCUT2D eigenvalue weighted by Crippen LogP contribution is 2.17. The van der Waals surface area contributed by atoms with E-state index in [-0.39, 0.29) is 31.1 Å². The van der Waals surface area contributed by atoms with Gasteiger partial charge in [0.1, 0.15) is 13.2 Å². The van der Waals surface area contributed by atoms with Crippen LogP contribution in [0, 0.1) is 0 Å². The number of carbonyl (C=O) groups is 3. The molecule has 0 aromatic rings. The number of ether oxygens (including phenoxy) is 3. The molecule has 0 saturated carbocycles. The van der Waals surface area contributed by atoms with Crippen LogP contribution >= 0.6 is 0 Å². The largest absolute Gasteiger partial charge is 0.462 e. The first-order valence-corrected chi connectivity index (χ1v) is 29.6. The molecule has 0 aromatic heterocycles. The van der Waals surface area contributed by atoms with Crippen LogP contribution in [0.2, 0.25) is 0 Å². The van der Waals surface area contributed by atoms with Crippen LogP contribution in [0.4, 0.5) is 0 Å². The van der Waals surface area contributed by atoms with Gasteiger partial charge in [0.05, 0.1) is 0 Å². The van der Waals surface area contributed by atoms with Crippen molar-refractivity contribution in [1.29, 1.82) is 0 Å². The van der Waals surface area contributed by atoms with Crippen molar-refractivity contribution in [3.05, 3.63) is 48.6 Å². The molecule has 0 radical (unpaired) electrons. The van der Waals surface area contributed by atoms with E-state index in [4.69, 9.17) is 14.2 Å². The number of esters is 3. The molecular formula is C62H112O6. The predicted octanol–water partition coefficient (Wildman–Crippen LogP) is 19.8. The molecule has 0 aromatic carbocycles. The lowest BCUT2D eigenvalue weighted by molar-refractivity contribution is -0.167.